The molecule has 0 radical (unpaired) electrons. The molecule has 30 heavy (non-hydrogen) atoms. The standard InChI is InChI=1S/C22H22N4O4/c27-21(24-18-7-10-30-22(18)28)16-5-2-6-17-19(16)25-20(23-17)14-3-1-4-15(13-14)26-8-11-29-12-9-26/h1-6,13,18H,7-12H2,(H,23,25)(H,24,27). The highest BCUT2D eigenvalue weighted by Crippen LogP contribution is 2.27. The van der Waals surface area contributed by atoms with Crippen molar-refractivity contribution in [2.45, 2.75) is 12.5 Å². The third-order valence-corrected chi connectivity index (χ3v) is 5.49. The second-order valence-electron chi connectivity index (χ2n) is 7.42. The summed E-state index contributed by atoms with van der Waals surface area (Å²) < 4.78 is 10.4. The number of benzene rings is 2. The van der Waals surface area contributed by atoms with Gasteiger partial charge in [-0.25, -0.2) is 9.78 Å². The van der Waals surface area contributed by atoms with E-state index in [0.717, 1.165) is 43.1 Å². The van der Waals surface area contributed by atoms with Gasteiger partial charge >= 0.3 is 5.97 Å². The van der Waals surface area contributed by atoms with Gasteiger partial charge in [0.25, 0.3) is 5.91 Å². The minimum Gasteiger partial charge on any atom is -0.464 e. The number of esters is 1. The van der Waals surface area contributed by atoms with Crippen LogP contribution in [0.1, 0.15) is 16.8 Å². The van der Waals surface area contributed by atoms with Crippen molar-refractivity contribution < 1.29 is 19.1 Å². The number of aromatic amines is 1. The number of amides is 1. The van der Waals surface area contributed by atoms with Crippen molar-refractivity contribution in [3.05, 3.63) is 48.0 Å². The van der Waals surface area contributed by atoms with Crippen LogP contribution in [0.4, 0.5) is 5.69 Å². The lowest BCUT2D eigenvalue weighted by Gasteiger charge is -2.29. The number of fused-ring (bicyclic) bond motifs is 1. The molecule has 1 unspecified atom stereocenters. The first kappa shape index (κ1) is 18.6. The molecule has 154 valence electrons. The van der Waals surface area contributed by atoms with E-state index in [1.807, 2.05) is 18.2 Å². The van der Waals surface area contributed by atoms with Crippen LogP contribution in [0.25, 0.3) is 22.4 Å². The zero-order chi connectivity index (χ0) is 20.5. The number of imidazole rings is 1. The Morgan fingerprint density at radius 1 is 1.13 bits per heavy atom. The largest absolute Gasteiger partial charge is 0.464 e. The van der Waals surface area contributed by atoms with Crippen LogP contribution < -0.4 is 10.2 Å². The molecule has 3 heterocycles. The van der Waals surface area contributed by atoms with Crippen molar-refractivity contribution in [2.75, 3.05) is 37.8 Å². The molecule has 1 amide bonds. The molecule has 8 nitrogen and oxygen atoms in total. The van der Waals surface area contributed by atoms with Gasteiger partial charge in [-0.15, -0.1) is 0 Å². The third-order valence-electron chi connectivity index (χ3n) is 5.49. The number of morpholine rings is 1. The van der Waals surface area contributed by atoms with Gasteiger partial charge in [0.1, 0.15) is 17.4 Å². The molecule has 5 rings (SSSR count). The first-order valence-electron chi connectivity index (χ1n) is 10.1. The molecule has 0 saturated carbocycles. The van der Waals surface area contributed by atoms with Crippen LogP contribution >= 0.6 is 0 Å². The molecule has 3 aromatic rings. The number of nitrogens with one attached hydrogen (secondary N) is 2. The highest BCUT2D eigenvalue weighted by Gasteiger charge is 2.29. The molecule has 1 atom stereocenters. The number of hydrogen-bond acceptors (Lipinski definition) is 6. The summed E-state index contributed by atoms with van der Waals surface area (Å²) in [5, 5.41) is 2.75. The molecule has 2 saturated heterocycles. The Balaban J connectivity index is 1.45. The Hall–Kier alpha value is -3.39. The van der Waals surface area contributed by atoms with Crippen molar-refractivity contribution in [3.63, 3.8) is 0 Å². The summed E-state index contributed by atoms with van der Waals surface area (Å²) in [5.74, 6) is -0.0247. The second kappa shape index (κ2) is 7.79. The number of para-hydroxylation sites is 1. The monoisotopic (exact) mass is 406 g/mol. The summed E-state index contributed by atoms with van der Waals surface area (Å²) in [4.78, 5) is 34.8. The van der Waals surface area contributed by atoms with Gasteiger partial charge in [0, 0.05) is 30.8 Å². The van der Waals surface area contributed by atoms with Crippen LogP contribution in [-0.4, -0.2) is 60.8 Å². The SMILES string of the molecule is O=C(NC1CCOC1=O)c1cccc2[nH]c(-c3cccc(N4CCOCC4)c3)nc12. The maximum absolute atomic E-state index is 12.8. The van der Waals surface area contributed by atoms with Crippen LogP contribution in [0, 0.1) is 0 Å². The molecule has 0 bridgehead atoms. The molecule has 2 aromatic carbocycles. The van der Waals surface area contributed by atoms with Crippen LogP contribution in [0.15, 0.2) is 42.5 Å². The molecule has 2 fully saturated rings. The van der Waals surface area contributed by atoms with E-state index in [-0.39, 0.29) is 5.91 Å². The van der Waals surface area contributed by atoms with E-state index >= 15 is 0 Å². The number of carbonyl (C=O) groups excluding carboxylic acids is 2. The van der Waals surface area contributed by atoms with Gasteiger partial charge in [-0.2, -0.15) is 0 Å². The summed E-state index contributed by atoms with van der Waals surface area (Å²) in [6.07, 6.45) is 0.487. The molecular weight excluding hydrogens is 384 g/mol. The third kappa shape index (κ3) is 3.50. The van der Waals surface area contributed by atoms with Crippen molar-refractivity contribution in [1.82, 2.24) is 15.3 Å². The number of nitrogens with zero attached hydrogens (tertiary/aromatic N) is 2. The lowest BCUT2D eigenvalue weighted by atomic mass is 10.1. The van der Waals surface area contributed by atoms with Gasteiger partial charge in [-0.1, -0.05) is 18.2 Å². The average molecular weight is 406 g/mol. The van der Waals surface area contributed by atoms with E-state index in [4.69, 9.17) is 14.5 Å². The summed E-state index contributed by atoms with van der Waals surface area (Å²) in [5.41, 5.74) is 3.84. The number of aromatic nitrogens is 2. The van der Waals surface area contributed by atoms with Crippen LogP contribution in [-0.2, 0) is 14.3 Å². The van der Waals surface area contributed by atoms with E-state index in [1.54, 1.807) is 12.1 Å². The van der Waals surface area contributed by atoms with E-state index in [0.29, 0.717) is 29.9 Å². The van der Waals surface area contributed by atoms with Gasteiger partial charge < -0.3 is 24.7 Å². The zero-order valence-electron chi connectivity index (χ0n) is 16.4. The zero-order valence-corrected chi connectivity index (χ0v) is 16.4. The minimum atomic E-state index is -0.601. The van der Waals surface area contributed by atoms with Crippen molar-refractivity contribution >= 4 is 28.6 Å². The molecular formula is C22H22N4O4. The van der Waals surface area contributed by atoms with E-state index < -0.39 is 12.0 Å². The smallest absolute Gasteiger partial charge is 0.328 e. The lowest BCUT2D eigenvalue weighted by Crippen LogP contribution is -2.38. The Bertz CT molecular complexity index is 1100. The highest BCUT2D eigenvalue weighted by atomic mass is 16.5. The fourth-order valence-electron chi connectivity index (χ4n) is 3.89. The van der Waals surface area contributed by atoms with Gasteiger partial charge in [-0.05, 0) is 24.3 Å². The predicted octanol–water partition coefficient (Wildman–Crippen LogP) is 2.11. The summed E-state index contributed by atoms with van der Waals surface area (Å²) in [7, 11) is 0. The van der Waals surface area contributed by atoms with Crippen molar-refractivity contribution in [2.24, 2.45) is 0 Å². The second-order valence-corrected chi connectivity index (χ2v) is 7.42. The van der Waals surface area contributed by atoms with E-state index in [9.17, 15) is 9.59 Å². The normalized spacial score (nSPS) is 19.1. The number of anilines is 1. The van der Waals surface area contributed by atoms with Gasteiger partial charge in [-0.3, -0.25) is 4.79 Å². The molecule has 8 heteroatoms. The van der Waals surface area contributed by atoms with Crippen LogP contribution in [0.5, 0.6) is 0 Å². The number of rotatable bonds is 4. The first-order valence-corrected chi connectivity index (χ1v) is 10.1. The minimum absolute atomic E-state index is 0.329. The number of carbonyl (C=O) groups is 2. The molecule has 2 aliphatic heterocycles. The van der Waals surface area contributed by atoms with E-state index in [1.165, 1.54) is 0 Å². The lowest BCUT2D eigenvalue weighted by molar-refractivity contribution is -0.139. The highest BCUT2D eigenvalue weighted by molar-refractivity contribution is 6.06. The Morgan fingerprint density at radius 2 is 1.97 bits per heavy atom. The molecule has 0 aliphatic carbocycles. The van der Waals surface area contributed by atoms with Gasteiger partial charge in [0.15, 0.2) is 0 Å². The van der Waals surface area contributed by atoms with Crippen LogP contribution in [0.3, 0.4) is 0 Å². The van der Waals surface area contributed by atoms with Crippen molar-refractivity contribution in [3.8, 4) is 11.4 Å². The van der Waals surface area contributed by atoms with Crippen LogP contribution in [0.2, 0.25) is 0 Å². The number of hydrogen-bond donors (Lipinski definition) is 2. The summed E-state index contributed by atoms with van der Waals surface area (Å²) >= 11 is 0. The van der Waals surface area contributed by atoms with E-state index in [2.05, 4.69) is 27.3 Å². The fraction of sp³-hybridized carbons (Fsp3) is 0.318. The van der Waals surface area contributed by atoms with Gasteiger partial charge in [0.05, 0.1) is 30.9 Å². The number of cyclic esters (lactones) is 1. The number of H-pyrrole nitrogens is 1. The predicted molar refractivity (Wildman–Crippen MR) is 111 cm³/mol. The molecule has 2 aliphatic rings. The Morgan fingerprint density at radius 3 is 2.77 bits per heavy atom. The summed E-state index contributed by atoms with van der Waals surface area (Å²) in [6.45, 7) is 3.50. The molecule has 2 N–H and O–H groups in total. The molecule has 0 spiro atoms. The first-order chi connectivity index (χ1) is 14.7. The van der Waals surface area contributed by atoms with Gasteiger partial charge in [0.2, 0.25) is 0 Å². The van der Waals surface area contributed by atoms with Crippen molar-refractivity contribution in [1.29, 1.82) is 0 Å². The maximum atomic E-state index is 12.8. The quantitative estimate of drug-likeness (QED) is 0.645. The Labute approximate surface area is 173 Å². The number of ether oxygens (including phenoxy) is 2. The Kier molecular flexibility index (Phi) is 4.84. The average Bonchev–Trinajstić information content (AvgIpc) is 3.40. The fourth-order valence-corrected chi connectivity index (χ4v) is 3.89. The topological polar surface area (TPSA) is 96.5 Å². The molecule has 1 aromatic heterocycles. The maximum Gasteiger partial charge on any atom is 0.328 e. The summed E-state index contributed by atoms with van der Waals surface area (Å²) in [6, 6.07) is 13.0.